The fourth-order valence-electron chi connectivity index (χ4n) is 3.22. The van der Waals surface area contributed by atoms with Crippen LogP contribution in [0.25, 0.3) is 0 Å². The van der Waals surface area contributed by atoms with Gasteiger partial charge in [-0.1, -0.05) is 76.8 Å². The fourth-order valence-corrected chi connectivity index (χ4v) is 3.22. The minimum Gasteiger partial charge on any atom is -0.479 e. The third-order valence-corrected chi connectivity index (χ3v) is 5.27. The number of unbranched alkanes of at least 4 members (excludes halogenated alkanes) is 3. The van der Waals surface area contributed by atoms with Gasteiger partial charge >= 0.3 is 5.97 Å². The van der Waals surface area contributed by atoms with Gasteiger partial charge in [0.2, 0.25) is 0 Å². The van der Waals surface area contributed by atoms with Crippen molar-refractivity contribution < 1.29 is 19.8 Å². The van der Waals surface area contributed by atoms with E-state index < -0.39 is 17.5 Å². The lowest BCUT2D eigenvalue weighted by atomic mass is 9.75. The molecule has 0 spiro atoms. The Morgan fingerprint density at radius 2 is 2.04 bits per heavy atom. The Hall–Kier alpha value is -1.68. The molecule has 0 saturated heterocycles. The molecule has 0 aromatic heterocycles. The standard InChI is InChI=1S/C22H34O4/c1-4-5-6-7-10-17(2)12-13-18-14-15-20(24)22(18,3)16-9-8-11-19(23)21(25)26/h8-9,12-15,17-19,23H,4-7,10-11,16H2,1-3H3,(H,25,26)/t17?,18-,19?,22+/m0/s1. The molecular formula is C22H34O4. The van der Waals surface area contributed by atoms with Crippen LogP contribution in [0.15, 0.2) is 36.5 Å². The molecule has 0 aromatic rings. The van der Waals surface area contributed by atoms with Crippen LogP contribution in [0.5, 0.6) is 0 Å². The quantitative estimate of drug-likeness (QED) is 0.390. The van der Waals surface area contributed by atoms with Crippen molar-refractivity contribution in [3.05, 3.63) is 36.5 Å². The van der Waals surface area contributed by atoms with Crippen LogP contribution in [-0.2, 0) is 9.59 Å². The van der Waals surface area contributed by atoms with Crippen molar-refractivity contribution in [1.82, 2.24) is 0 Å². The SMILES string of the molecule is CCCCCCC(C)C=C[C@H]1C=CC(=O)[C@]1(C)CC=CCC(O)C(=O)O. The monoisotopic (exact) mass is 362 g/mol. The maximum atomic E-state index is 12.3. The summed E-state index contributed by atoms with van der Waals surface area (Å²) >= 11 is 0. The van der Waals surface area contributed by atoms with Gasteiger partial charge in [0, 0.05) is 17.8 Å². The van der Waals surface area contributed by atoms with E-state index in [2.05, 4.69) is 26.0 Å². The van der Waals surface area contributed by atoms with Crippen molar-refractivity contribution in [2.45, 2.75) is 71.8 Å². The number of aliphatic hydroxyl groups is 1. The molecule has 4 atom stereocenters. The molecule has 0 aromatic carbocycles. The predicted molar refractivity (Wildman–Crippen MR) is 105 cm³/mol. The summed E-state index contributed by atoms with van der Waals surface area (Å²) in [5.74, 6) is -0.567. The predicted octanol–water partition coefficient (Wildman–Crippen LogP) is 4.69. The number of carboxylic acid groups (broad SMARTS) is 1. The average Bonchev–Trinajstić information content (AvgIpc) is 2.88. The number of hydrogen-bond acceptors (Lipinski definition) is 3. The van der Waals surface area contributed by atoms with Gasteiger partial charge in [-0.3, -0.25) is 4.79 Å². The molecule has 1 aliphatic rings. The molecule has 0 amide bonds. The van der Waals surface area contributed by atoms with E-state index in [1.165, 1.54) is 32.1 Å². The smallest absolute Gasteiger partial charge is 0.332 e. The Balaban J connectivity index is 2.57. The van der Waals surface area contributed by atoms with Crippen molar-refractivity contribution >= 4 is 11.8 Å². The van der Waals surface area contributed by atoms with E-state index in [4.69, 9.17) is 5.11 Å². The van der Waals surface area contributed by atoms with Crippen molar-refractivity contribution in [1.29, 1.82) is 0 Å². The number of carbonyl (C=O) groups excluding carboxylic acids is 1. The molecule has 1 aliphatic carbocycles. The lowest BCUT2D eigenvalue weighted by Crippen LogP contribution is -2.28. The van der Waals surface area contributed by atoms with Crippen LogP contribution < -0.4 is 0 Å². The second kappa shape index (κ2) is 11.1. The van der Waals surface area contributed by atoms with Gasteiger partial charge < -0.3 is 10.2 Å². The fraction of sp³-hybridized carbons (Fsp3) is 0.636. The maximum Gasteiger partial charge on any atom is 0.332 e. The van der Waals surface area contributed by atoms with Crippen LogP contribution >= 0.6 is 0 Å². The molecule has 0 bridgehead atoms. The minimum absolute atomic E-state index is 0.0575. The Morgan fingerprint density at radius 3 is 2.69 bits per heavy atom. The second-order valence-corrected chi connectivity index (χ2v) is 7.64. The van der Waals surface area contributed by atoms with Gasteiger partial charge in [0.1, 0.15) is 0 Å². The van der Waals surface area contributed by atoms with Gasteiger partial charge in [-0.2, -0.15) is 0 Å². The van der Waals surface area contributed by atoms with E-state index in [1.54, 1.807) is 12.2 Å². The number of aliphatic hydroxyl groups excluding tert-OH is 1. The summed E-state index contributed by atoms with van der Waals surface area (Å²) in [5, 5.41) is 18.0. The first-order valence-electron chi connectivity index (χ1n) is 9.78. The zero-order valence-corrected chi connectivity index (χ0v) is 16.4. The zero-order chi connectivity index (χ0) is 19.6. The lowest BCUT2D eigenvalue weighted by molar-refractivity contribution is -0.146. The summed E-state index contributed by atoms with van der Waals surface area (Å²) in [6.45, 7) is 6.38. The Kier molecular flexibility index (Phi) is 9.57. The lowest BCUT2D eigenvalue weighted by Gasteiger charge is -2.27. The molecule has 0 aliphatic heterocycles. The molecule has 2 N–H and O–H groups in total. The third-order valence-electron chi connectivity index (χ3n) is 5.27. The van der Waals surface area contributed by atoms with Gasteiger partial charge in [0.05, 0.1) is 0 Å². The zero-order valence-electron chi connectivity index (χ0n) is 16.4. The minimum atomic E-state index is -1.39. The molecule has 0 fully saturated rings. The highest BCUT2D eigenvalue weighted by Crippen LogP contribution is 2.40. The van der Waals surface area contributed by atoms with Crippen molar-refractivity contribution in [2.75, 3.05) is 0 Å². The number of allylic oxidation sites excluding steroid dienone is 5. The van der Waals surface area contributed by atoms with Crippen LogP contribution in [0.1, 0.15) is 65.7 Å². The molecule has 1 rings (SSSR count). The summed E-state index contributed by atoms with van der Waals surface area (Å²) < 4.78 is 0. The normalized spacial score (nSPS) is 25.4. The Bertz CT molecular complexity index is 546. The third kappa shape index (κ3) is 6.91. The van der Waals surface area contributed by atoms with Crippen LogP contribution in [0, 0.1) is 17.3 Å². The molecule has 0 saturated carbocycles. The van der Waals surface area contributed by atoms with Crippen LogP contribution in [0.4, 0.5) is 0 Å². The van der Waals surface area contributed by atoms with E-state index in [-0.39, 0.29) is 18.1 Å². The maximum absolute atomic E-state index is 12.3. The molecule has 4 heteroatoms. The molecule has 146 valence electrons. The van der Waals surface area contributed by atoms with Crippen LogP contribution in [-0.4, -0.2) is 28.1 Å². The number of hydrogen-bond donors (Lipinski definition) is 2. The topological polar surface area (TPSA) is 74.6 Å². The highest BCUT2D eigenvalue weighted by atomic mass is 16.4. The molecule has 2 unspecified atom stereocenters. The molecule has 0 heterocycles. The number of aliphatic carboxylic acids is 1. The van der Waals surface area contributed by atoms with Crippen molar-refractivity contribution in [3.63, 3.8) is 0 Å². The average molecular weight is 363 g/mol. The largest absolute Gasteiger partial charge is 0.479 e. The first kappa shape index (κ1) is 22.4. The summed E-state index contributed by atoms with van der Waals surface area (Å²) in [4.78, 5) is 23.0. The highest BCUT2D eigenvalue weighted by molar-refractivity contribution is 5.98. The number of carbonyl (C=O) groups is 2. The van der Waals surface area contributed by atoms with Gasteiger partial charge in [-0.15, -0.1) is 0 Å². The van der Waals surface area contributed by atoms with E-state index in [9.17, 15) is 14.7 Å². The van der Waals surface area contributed by atoms with Gasteiger partial charge in [-0.25, -0.2) is 4.79 Å². The van der Waals surface area contributed by atoms with Crippen molar-refractivity contribution in [3.8, 4) is 0 Å². The Morgan fingerprint density at radius 1 is 1.31 bits per heavy atom. The summed E-state index contributed by atoms with van der Waals surface area (Å²) in [7, 11) is 0. The van der Waals surface area contributed by atoms with Gasteiger partial charge in [0.15, 0.2) is 11.9 Å². The first-order valence-corrected chi connectivity index (χ1v) is 9.78. The first-order chi connectivity index (χ1) is 12.3. The summed E-state index contributed by atoms with van der Waals surface area (Å²) in [6.07, 6.45) is 16.9. The molecular weight excluding hydrogens is 328 g/mol. The van der Waals surface area contributed by atoms with Crippen molar-refractivity contribution in [2.24, 2.45) is 17.3 Å². The van der Waals surface area contributed by atoms with E-state index in [1.807, 2.05) is 19.1 Å². The summed E-state index contributed by atoms with van der Waals surface area (Å²) in [6, 6.07) is 0. The van der Waals surface area contributed by atoms with Gasteiger partial charge in [0.25, 0.3) is 0 Å². The Labute approximate surface area is 157 Å². The van der Waals surface area contributed by atoms with Gasteiger partial charge in [-0.05, 0) is 24.8 Å². The molecule has 26 heavy (non-hydrogen) atoms. The summed E-state index contributed by atoms with van der Waals surface area (Å²) in [5.41, 5.74) is -0.525. The molecule has 4 nitrogen and oxygen atoms in total. The number of rotatable bonds is 12. The van der Waals surface area contributed by atoms with E-state index in [0.29, 0.717) is 12.3 Å². The van der Waals surface area contributed by atoms with E-state index in [0.717, 1.165) is 0 Å². The highest BCUT2D eigenvalue weighted by Gasteiger charge is 2.40. The number of carboxylic acids is 1. The second-order valence-electron chi connectivity index (χ2n) is 7.64. The van der Waals surface area contributed by atoms with E-state index >= 15 is 0 Å². The molecule has 0 radical (unpaired) electrons. The van der Waals surface area contributed by atoms with Crippen LogP contribution in [0.3, 0.4) is 0 Å². The van der Waals surface area contributed by atoms with Crippen LogP contribution in [0.2, 0.25) is 0 Å². The number of ketones is 1.